The van der Waals surface area contributed by atoms with Crippen LogP contribution in [0.25, 0.3) is 0 Å². The molecule has 0 N–H and O–H groups in total. The first-order valence-corrected chi connectivity index (χ1v) is 9.40. The predicted octanol–water partition coefficient (Wildman–Crippen LogP) is 2.98. The van der Waals surface area contributed by atoms with Gasteiger partial charge in [0.2, 0.25) is 10.0 Å². The molecule has 0 radical (unpaired) electrons. The highest BCUT2D eigenvalue weighted by molar-refractivity contribution is 7.89. The van der Waals surface area contributed by atoms with Crippen molar-refractivity contribution in [3.63, 3.8) is 0 Å². The number of sulfonamides is 1. The molecule has 0 bridgehead atoms. The first-order valence-electron chi connectivity index (χ1n) is 7.96. The lowest BCUT2D eigenvalue weighted by atomic mass is 10.2. The summed E-state index contributed by atoms with van der Waals surface area (Å²) >= 11 is 0. The van der Waals surface area contributed by atoms with E-state index in [9.17, 15) is 8.42 Å². The quantitative estimate of drug-likeness (QED) is 0.834. The molecule has 0 saturated heterocycles. The number of benzene rings is 2. The molecule has 3 rings (SSSR count). The Labute approximate surface area is 142 Å². The minimum Gasteiger partial charge on any atom is -0.486 e. The van der Waals surface area contributed by atoms with E-state index in [0.29, 0.717) is 42.7 Å². The Morgan fingerprint density at radius 3 is 2.33 bits per heavy atom. The van der Waals surface area contributed by atoms with Gasteiger partial charge in [0.15, 0.2) is 11.5 Å². The Hall–Kier alpha value is -2.05. The van der Waals surface area contributed by atoms with E-state index in [1.54, 1.807) is 12.1 Å². The lowest BCUT2D eigenvalue weighted by Gasteiger charge is -2.23. The highest BCUT2D eigenvalue weighted by Crippen LogP contribution is 2.31. The van der Waals surface area contributed by atoms with Gasteiger partial charge in [-0.15, -0.1) is 0 Å². The van der Waals surface area contributed by atoms with Crippen LogP contribution in [0, 0.1) is 6.92 Å². The van der Waals surface area contributed by atoms with Crippen LogP contribution in [0.5, 0.6) is 11.5 Å². The largest absolute Gasteiger partial charge is 0.486 e. The molecular formula is C18H21NO4S. The van der Waals surface area contributed by atoms with Crippen LogP contribution in [0.3, 0.4) is 0 Å². The van der Waals surface area contributed by atoms with Gasteiger partial charge in [-0.25, -0.2) is 8.42 Å². The molecular weight excluding hydrogens is 326 g/mol. The molecule has 24 heavy (non-hydrogen) atoms. The zero-order valence-corrected chi connectivity index (χ0v) is 14.7. The average Bonchev–Trinajstić information content (AvgIpc) is 2.59. The average molecular weight is 347 g/mol. The number of ether oxygens (including phenoxy) is 2. The molecule has 0 unspecified atom stereocenters. The van der Waals surface area contributed by atoms with Crippen molar-refractivity contribution in [2.24, 2.45) is 0 Å². The van der Waals surface area contributed by atoms with E-state index < -0.39 is 10.0 Å². The molecule has 6 heteroatoms. The number of rotatable bonds is 5. The van der Waals surface area contributed by atoms with E-state index in [1.807, 2.05) is 44.2 Å². The van der Waals surface area contributed by atoms with E-state index >= 15 is 0 Å². The van der Waals surface area contributed by atoms with Crippen molar-refractivity contribution in [3.05, 3.63) is 53.6 Å². The van der Waals surface area contributed by atoms with E-state index in [4.69, 9.17) is 9.47 Å². The lowest BCUT2D eigenvalue weighted by Crippen LogP contribution is -2.30. The Morgan fingerprint density at radius 1 is 1.00 bits per heavy atom. The molecule has 0 atom stereocenters. The van der Waals surface area contributed by atoms with Crippen molar-refractivity contribution < 1.29 is 17.9 Å². The standard InChI is InChI=1S/C18H21NO4S/c1-3-19(24(20,21)16-7-4-14(2)5-8-16)13-15-6-9-17-18(12-15)23-11-10-22-17/h4-9,12H,3,10-11,13H2,1-2H3. The van der Waals surface area contributed by atoms with Crippen LogP contribution in [0.2, 0.25) is 0 Å². The maximum absolute atomic E-state index is 12.8. The number of hydrogen-bond acceptors (Lipinski definition) is 4. The molecule has 2 aromatic rings. The molecule has 0 aromatic heterocycles. The third kappa shape index (κ3) is 3.39. The molecule has 1 aliphatic rings. The SMILES string of the molecule is CCN(Cc1ccc2c(c1)OCCO2)S(=O)(=O)c1ccc(C)cc1. The lowest BCUT2D eigenvalue weighted by molar-refractivity contribution is 0.171. The summed E-state index contributed by atoms with van der Waals surface area (Å²) in [6.45, 7) is 5.51. The number of hydrogen-bond donors (Lipinski definition) is 0. The van der Waals surface area contributed by atoms with Gasteiger partial charge in [-0.2, -0.15) is 4.31 Å². The van der Waals surface area contributed by atoms with Gasteiger partial charge in [-0.3, -0.25) is 0 Å². The van der Waals surface area contributed by atoms with Crippen molar-refractivity contribution in [1.82, 2.24) is 4.31 Å². The van der Waals surface area contributed by atoms with Crippen LogP contribution < -0.4 is 9.47 Å². The summed E-state index contributed by atoms with van der Waals surface area (Å²) in [5, 5.41) is 0. The monoisotopic (exact) mass is 347 g/mol. The molecule has 0 amide bonds. The van der Waals surface area contributed by atoms with Gasteiger partial charge in [0.05, 0.1) is 4.90 Å². The van der Waals surface area contributed by atoms with E-state index in [-0.39, 0.29) is 0 Å². The van der Waals surface area contributed by atoms with E-state index in [1.165, 1.54) is 4.31 Å². The normalized spacial score (nSPS) is 14.0. The van der Waals surface area contributed by atoms with Gasteiger partial charge in [0, 0.05) is 13.1 Å². The maximum atomic E-state index is 12.8. The fraction of sp³-hybridized carbons (Fsp3) is 0.333. The minimum absolute atomic E-state index is 0.295. The van der Waals surface area contributed by atoms with E-state index in [0.717, 1.165) is 11.1 Å². The number of fused-ring (bicyclic) bond motifs is 1. The second-order valence-electron chi connectivity index (χ2n) is 5.72. The van der Waals surface area contributed by atoms with Crippen LogP contribution in [-0.4, -0.2) is 32.5 Å². The summed E-state index contributed by atoms with van der Waals surface area (Å²) in [6, 6.07) is 12.5. The first-order chi connectivity index (χ1) is 11.5. The fourth-order valence-electron chi connectivity index (χ4n) is 2.62. The van der Waals surface area contributed by atoms with Crippen LogP contribution in [0.4, 0.5) is 0 Å². The van der Waals surface area contributed by atoms with E-state index in [2.05, 4.69) is 0 Å². The molecule has 0 saturated carbocycles. The highest BCUT2D eigenvalue weighted by Gasteiger charge is 2.23. The van der Waals surface area contributed by atoms with Crippen LogP contribution in [0.15, 0.2) is 47.4 Å². The van der Waals surface area contributed by atoms with Gasteiger partial charge in [0.1, 0.15) is 13.2 Å². The van der Waals surface area contributed by atoms with Crippen LogP contribution >= 0.6 is 0 Å². The summed E-state index contributed by atoms with van der Waals surface area (Å²) in [7, 11) is -3.53. The topological polar surface area (TPSA) is 55.8 Å². The first kappa shape index (κ1) is 16.8. The molecule has 128 valence electrons. The molecule has 2 aromatic carbocycles. The smallest absolute Gasteiger partial charge is 0.243 e. The Kier molecular flexibility index (Phi) is 4.78. The van der Waals surface area contributed by atoms with Gasteiger partial charge in [-0.05, 0) is 36.8 Å². The summed E-state index contributed by atoms with van der Waals surface area (Å²) in [5.74, 6) is 1.37. The Balaban J connectivity index is 1.85. The van der Waals surface area contributed by atoms with Crippen LogP contribution in [-0.2, 0) is 16.6 Å². The second-order valence-corrected chi connectivity index (χ2v) is 7.66. The van der Waals surface area contributed by atoms with Crippen molar-refractivity contribution in [2.45, 2.75) is 25.3 Å². The van der Waals surface area contributed by atoms with Crippen molar-refractivity contribution >= 4 is 10.0 Å². The third-order valence-electron chi connectivity index (χ3n) is 3.98. The Morgan fingerprint density at radius 2 is 1.67 bits per heavy atom. The highest BCUT2D eigenvalue weighted by atomic mass is 32.2. The predicted molar refractivity (Wildman–Crippen MR) is 91.9 cm³/mol. The molecule has 1 aliphatic heterocycles. The fourth-order valence-corrected chi connectivity index (χ4v) is 4.05. The van der Waals surface area contributed by atoms with Crippen molar-refractivity contribution in [1.29, 1.82) is 0 Å². The molecule has 0 fully saturated rings. The third-order valence-corrected chi connectivity index (χ3v) is 5.91. The van der Waals surface area contributed by atoms with Gasteiger partial charge >= 0.3 is 0 Å². The summed E-state index contributed by atoms with van der Waals surface area (Å²) in [6.07, 6.45) is 0. The summed E-state index contributed by atoms with van der Waals surface area (Å²) < 4.78 is 38.2. The minimum atomic E-state index is -3.53. The maximum Gasteiger partial charge on any atom is 0.243 e. The van der Waals surface area contributed by atoms with Crippen molar-refractivity contribution in [2.75, 3.05) is 19.8 Å². The zero-order valence-electron chi connectivity index (χ0n) is 13.9. The number of aryl methyl sites for hydroxylation is 1. The zero-order chi connectivity index (χ0) is 17.2. The number of nitrogens with zero attached hydrogens (tertiary/aromatic N) is 1. The molecule has 1 heterocycles. The molecule has 0 spiro atoms. The summed E-state index contributed by atoms with van der Waals surface area (Å²) in [5.41, 5.74) is 1.90. The molecule has 5 nitrogen and oxygen atoms in total. The Bertz CT molecular complexity index is 815. The molecule has 0 aliphatic carbocycles. The van der Waals surface area contributed by atoms with Crippen molar-refractivity contribution in [3.8, 4) is 11.5 Å². The van der Waals surface area contributed by atoms with Crippen LogP contribution in [0.1, 0.15) is 18.1 Å². The summed E-state index contributed by atoms with van der Waals surface area (Å²) in [4.78, 5) is 0.312. The van der Waals surface area contributed by atoms with Gasteiger partial charge in [-0.1, -0.05) is 30.7 Å². The second kappa shape index (κ2) is 6.83. The van der Waals surface area contributed by atoms with Gasteiger partial charge < -0.3 is 9.47 Å². The van der Waals surface area contributed by atoms with Gasteiger partial charge in [0.25, 0.3) is 0 Å².